The fourth-order valence-electron chi connectivity index (χ4n) is 4.46. The van der Waals surface area contributed by atoms with Gasteiger partial charge in [-0.25, -0.2) is 4.39 Å². The van der Waals surface area contributed by atoms with Gasteiger partial charge in [0.15, 0.2) is 0 Å². The molecule has 2 heterocycles. The molecule has 156 valence electrons. The quantitative estimate of drug-likeness (QED) is 0.743. The summed E-state index contributed by atoms with van der Waals surface area (Å²) in [5.74, 6) is -0.880. The van der Waals surface area contributed by atoms with Gasteiger partial charge in [-0.1, -0.05) is 29.8 Å². The van der Waals surface area contributed by atoms with Crippen molar-refractivity contribution in [2.45, 2.75) is 31.5 Å². The summed E-state index contributed by atoms with van der Waals surface area (Å²) < 4.78 is 13.1. The van der Waals surface area contributed by atoms with E-state index in [0.717, 1.165) is 38.0 Å². The Morgan fingerprint density at radius 3 is 2.40 bits per heavy atom. The number of amides is 2. The number of likely N-dealkylation sites (tertiary alicyclic amines) is 1. The third kappa shape index (κ3) is 4.40. The average Bonchev–Trinajstić information content (AvgIpc) is 2.99. The van der Waals surface area contributed by atoms with Gasteiger partial charge in [0.05, 0.1) is 0 Å². The van der Waals surface area contributed by atoms with Crippen LogP contribution in [0.3, 0.4) is 0 Å². The highest BCUT2D eigenvalue weighted by Gasteiger charge is 2.41. The summed E-state index contributed by atoms with van der Waals surface area (Å²) in [6, 6.07) is 11.7. The molecule has 2 saturated heterocycles. The van der Waals surface area contributed by atoms with Gasteiger partial charge in [-0.05, 0) is 54.3 Å². The number of halogens is 2. The Balaban J connectivity index is 1.43. The minimum Gasteiger partial charge on any atom is -0.366 e. The standard InChI is InChI=1S/C23H23ClFN3O2/c24-17-5-3-16(21(11-17)23(26)30)4-10-22(29)28-19-8-9-20(28)14-27(13-19)12-15-1-6-18(25)7-2-15/h1-7,10-11,19-20H,8-9,12-14H2,(H2,26,30). The Morgan fingerprint density at radius 1 is 1.10 bits per heavy atom. The third-order valence-electron chi connectivity index (χ3n) is 5.82. The van der Waals surface area contributed by atoms with Gasteiger partial charge in [0.25, 0.3) is 0 Å². The molecule has 2 N–H and O–H groups in total. The van der Waals surface area contributed by atoms with Crippen LogP contribution in [0, 0.1) is 5.82 Å². The summed E-state index contributed by atoms with van der Waals surface area (Å²) in [4.78, 5) is 28.8. The summed E-state index contributed by atoms with van der Waals surface area (Å²) in [6.07, 6.45) is 5.08. The first-order chi connectivity index (χ1) is 14.4. The summed E-state index contributed by atoms with van der Waals surface area (Å²) >= 11 is 5.94. The van der Waals surface area contributed by atoms with Crippen LogP contribution in [0.1, 0.15) is 34.3 Å². The lowest BCUT2D eigenvalue weighted by atomic mass is 10.1. The highest BCUT2D eigenvalue weighted by Crippen LogP contribution is 2.31. The number of primary amides is 1. The number of benzene rings is 2. The summed E-state index contributed by atoms with van der Waals surface area (Å²) in [5.41, 5.74) is 7.35. The summed E-state index contributed by atoms with van der Waals surface area (Å²) in [5, 5.41) is 0.419. The van der Waals surface area contributed by atoms with Crippen LogP contribution in [0.15, 0.2) is 48.5 Å². The first-order valence-electron chi connectivity index (χ1n) is 9.97. The van der Waals surface area contributed by atoms with Gasteiger partial charge in [-0.3, -0.25) is 14.5 Å². The number of rotatable bonds is 5. The second-order valence-corrected chi connectivity index (χ2v) is 8.32. The van der Waals surface area contributed by atoms with Crippen molar-refractivity contribution in [1.29, 1.82) is 0 Å². The zero-order chi connectivity index (χ0) is 21.3. The van der Waals surface area contributed by atoms with Gasteiger partial charge in [0.2, 0.25) is 11.8 Å². The van der Waals surface area contributed by atoms with Crippen molar-refractivity contribution in [2.75, 3.05) is 13.1 Å². The van der Waals surface area contributed by atoms with Gasteiger partial charge in [-0.2, -0.15) is 0 Å². The zero-order valence-electron chi connectivity index (χ0n) is 16.4. The molecule has 0 saturated carbocycles. The fraction of sp³-hybridized carbons (Fsp3) is 0.304. The van der Waals surface area contributed by atoms with Crippen LogP contribution in [-0.2, 0) is 11.3 Å². The van der Waals surface area contributed by atoms with Crippen molar-refractivity contribution in [3.05, 3.63) is 76.1 Å². The lowest BCUT2D eigenvalue weighted by molar-refractivity contribution is -0.131. The SMILES string of the molecule is NC(=O)c1cc(Cl)ccc1C=CC(=O)N1C2CCC1CN(Cc1ccc(F)cc1)C2. The number of fused-ring (bicyclic) bond motifs is 2. The molecular formula is C23H23ClFN3O2. The van der Waals surface area contributed by atoms with Crippen molar-refractivity contribution in [2.24, 2.45) is 5.73 Å². The molecule has 30 heavy (non-hydrogen) atoms. The zero-order valence-corrected chi connectivity index (χ0v) is 17.2. The Kier molecular flexibility index (Phi) is 5.88. The van der Waals surface area contributed by atoms with Crippen molar-refractivity contribution >= 4 is 29.5 Å². The topological polar surface area (TPSA) is 66.6 Å². The van der Waals surface area contributed by atoms with Crippen molar-refractivity contribution < 1.29 is 14.0 Å². The average molecular weight is 428 g/mol. The normalized spacial score (nSPS) is 21.3. The van der Waals surface area contributed by atoms with Gasteiger partial charge < -0.3 is 10.6 Å². The molecule has 4 rings (SSSR count). The molecule has 0 radical (unpaired) electrons. The van der Waals surface area contributed by atoms with Gasteiger partial charge in [-0.15, -0.1) is 0 Å². The van der Waals surface area contributed by atoms with E-state index >= 15 is 0 Å². The largest absolute Gasteiger partial charge is 0.366 e. The van der Waals surface area contributed by atoms with E-state index in [1.165, 1.54) is 24.3 Å². The fourth-order valence-corrected chi connectivity index (χ4v) is 4.63. The number of piperazine rings is 1. The number of nitrogens with zero attached hydrogens (tertiary/aromatic N) is 2. The molecule has 2 aliphatic rings. The minimum absolute atomic E-state index is 0.0608. The lowest BCUT2D eigenvalue weighted by Crippen LogP contribution is -2.55. The third-order valence-corrected chi connectivity index (χ3v) is 6.05. The maximum atomic E-state index is 13.1. The monoisotopic (exact) mass is 427 g/mol. The predicted molar refractivity (Wildman–Crippen MR) is 114 cm³/mol. The predicted octanol–water partition coefficient (Wildman–Crippen LogP) is 3.47. The van der Waals surface area contributed by atoms with Crippen LogP contribution in [0.5, 0.6) is 0 Å². The van der Waals surface area contributed by atoms with E-state index < -0.39 is 5.91 Å². The van der Waals surface area contributed by atoms with E-state index in [0.29, 0.717) is 16.1 Å². The van der Waals surface area contributed by atoms with Gasteiger partial charge in [0.1, 0.15) is 5.82 Å². The van der Waals surface area contributed by atoms with E-state index in [-0.39, 0.29) is 23.8 Å². The highest BCUT2D eigenvalue weighted by molar-refractivity contribution is 6.31. The maximum Gasteiger partial charge on any atom is 0.249 e. The van der Waals surface area contributed by atoms with Gasteiger partial charge in [0, 0.05) is 48.4 Å². The molecule has 2 fully saturated rings. The molecule has 2 amide bonds. The number of carbonyl (C=O) groups is 2. The van der Waals surface area contributed by atoms with Crippen LogP contribution < -0.4 is 5.73 Å². The molecule has 2 aromatic rings. The second-order valence-electron chi connectivity index (χ2n) is 7.88. The Bertz CT molecular complexity index is 978. The molecule has 0 aromatic heterocycles. The molecular weight excluding hydrogens is 405 g/mol. The first kappa shape index (κ1) is 20.6. The molecule has 0 spiro atoms. The van der Waals surface area contributed by atoms with E-state index in [1.54, 1.807) is 30.3 Å². The van der Waals surface area contributed by atoms with Crippen molar-refractivity contribution in [1.82, 2.24) is 9.80 Å². The molecule has 2 atom stereocenters. The molecule has 5 nitrogen and oxygen atoms in total. The number of nitrogens with two attached hydrogens (primary N) is 1. The van der Waals surface area contributed by atoms with Crippen LogP contribution in [-0.4, -0.2) is 46.8 Å². The number of hydrogen-bond acceptors (Lipinski definition) is 3. The Hall–Kier alpha value is -2.70. The van der Waals surface area contributed by atoms with E-state index in [2.05, 4.69) is 4.90 Å². The Labute approximate surface area is 179 Å². The molecule has 0 aliphatic carbocycles. The van der Waals surface area contributed by atoms with E-state index in [4.69, 9.17) is 17.3 Å². The second kappa shape index (κ2) is 8.58. The summed E-state index contributed by atoms with van der Waals surface area (Å²) in [7, 11) is 0. The number of hydrogen-bond donors (Lipinski definition) is 1. The first-order valence-corrected chi connectivity index (χ1v) is 10.3. The molecule has 2 aromatic carbocycles. The smallest absolute Gasteiger partial charge is 0.249 e. The lowest BCUT2D eigenvalue weighted by Gasteiger charge is -2.40. The minimum atomic E-state index is -0.584. The molecule has 2 bridgehead atoms. The summed E-state index contributed by atoms with van der Waals surface area (Å²) in [6.45, 7) is 2.33. The molecule has 7 heteroatoms. The van der Waals surface area contributed by atoms with Crippen LogP contribution >= 0.6 is 11.6 Å². The van der Waals surface area contributed by atoms with Crippen LogP contribution in [0.25, 0.3) is 6.08 Å². The van der Waals surface area contributed by atoms with Crippen LogP contribution in [0.2, 0.25) is 5.02 Å². The number of carbonyl (C=O) groups excluding carboxylic acids is 2. The van der Waals surface area contributed by atoms with Crippen LogP contribution in [0.4, 0.5) is 4.39 Å². The molecule has 2 aliphatic heterocycles. The maximum absolute atomic E-state index is 13.1. The Morgan fingerprint density at radius 2 is 1.77 bits per heavy atom. The van der Waals surface area contributed by atoms with Crippen molar-refractivity contribution in [3.63, 3.8) is 0 Å². The van der Waals surface area contributed by atoms with Gasteiger partial charge >= 0.3 is 0 Å². The molecule has 2 unspecified atom stereocenters. The van der Waals surface area contributed by atoms with E-state index in [1.807, 2.05) is 4.90 Å². The highest BCUT2D eigenvalue weighted by atomic mass is 35.5. The van der Waals surface area contributed by atoms with E-state index in [9.17, 15) is 14.0 Å². The van der Waals surface area contributed by atoms with Crippen molar-refractivity contribution in [3.8, 4) is 0 Å².